The third kappa shape index (κ3) is 6.24. The molecule has 0 unspecified atom stereocenters. The van der Waals surface area contributed by atoms with E-state index in [-0.39, 0.29) is 36.1 Å². The van der Waals surface area contributed by atoms with Crippen LogP contribution < -0.4 is 15.4 Å². The molecule has 2 N–H and O–H groups in total. The molecule has 1 saturated carbocycles. The Kier molecular flexibility index (Phi) is 8.10. The van der Waals surface area contributed by atoms with Gasteiger partial charge in [-0.2, -0.15) is 4.98 Å². The Bertz CT molecular complexity index is 1130. The molecule has 0 radical (unpaired) electrons. The summed E-state index contributed by atoms with van der Waals surface area (Å²) in [5.74, 6) is 0.827. The highest BCUT2D eigenvalue weighted by Gasteiger charge is 2.42. The number of carbonyl (C=O) groups excluding carboxylic acids is 2. The zero-order valence-electron chi connectivity index (χ0n) is 19.9. The predicted molar refractivity (Wildman–Crippen MR) is 129 cm³/mol. The van der Waals surface area contributed by atoms with Crippen molar-refractivity contribution >= 4 is 11.8 Å². The van der Waals surface area contributed by atoms with Gasteiger partial charge in [-0.1, -0.05) is 47.6 Å². The maximum atomic E-state index is 12.9. The highest BCUT2D eigenvalue weighted by atomic mass is 16.5. The third-order valence-corrected chi connectivity index (χ3v) is 6.17. The summed E-state index contributed by atoms with van der Waals surface area (Å²) in [4.78, 5) is 30.3. The fraction of sp³-hybridized carbons (Fsp3) is 0.385. The lowest BCUT2D eigenvalue weighted by molar-refractivity contribution is -0.125. The first-order valence-electron chi connectivity index (χ1n) is 11.7. The molecule has 9 heteroatoms. The van der Waals surface area contributed by atoms with Crippen LogP contribution in [0.3, 0.4) is 0 Å². The molecule has 3 atom stereocenters. The zero-order chi connectivity index (χ0) is 24.6. The van der Waals surface area contributed by atoms with Crippen molar-refractivity contribution in [3.63, 3.8) is 0 Å². The Labute approximate surface area is 204 Å². The fourth-order valence-corrected chi connectivity index (χ4v) is 4.42. The molecule has 184 valence electrons. The minimum absolute atomic E-state index is 0.0700. The molecule has 4 rings (SSSR count). The van der Waals surface area contributed by atoms with Gasteiger partial charge in [-0.15, -0.1) is 0 Å². The van der Waals surface area contributed by atoms with Crippen molar-refractivity contribution < 1.29 is 23.6 Å². The second kappa shape index (κ2) is 11.6. The van der Waals surface area contributed by atoms with Gasteiger partial charge in [0.2, 0.25) is 23.5 Å². The van der Waals surface area contributed by atoms with E-state index in [1.807, 2.05) is 54.6 Å². The number of hydrogen-bond acceptors (Lipinski definition) is 7. The summed E-state index contributed by atoms with van der Waals surface area (Å²) in [7, 11) is 3.18. The molecule has 3 aromatic rings. The van der Waals surface area contributed by atoms with Crippen molar-refractivity contribution in [3.8, 4) is 17.1 Å². The number of ether oxygens (including phenoxy) is 2. The molecule has 9 nitrogen and oxygen atoms in total. The molecule has 35 heavy (non-hydrogen) atoms. The van der Waals surface area contributed by atoms with Crippen LogP contribution in [0, 0.1) is 5.92 Å². The number of carbonyl (C=O) groups is 2. The quantitative estimate of drug-likeness (QED) is 0.431. The van der Waals surface area contributed by atoms with Crippen molar-refractivity contribution in [2.75, 3.05) is 27.4 Å². The van der Waals surface area contributed by atoms with Gasteiger partial charge in [0.1, 0.15) is 5.75 Å². The van der Waals surface area contributed by atoms with E-state index in [0.717, 1.165) is 11.1 Å². The largest absolute Gasteiger partial charge is 0.497 e. The maximum Gasteiger partial charge on any atom is 0.232 e. The number of hydrogen-bond donors (Lipinski definition) is 2. The lowest BCUT2D eigenvalue weighted by Gasteiger charge is -2.18. The first-order chi connectivity index (χ1) is 17.1. The van der Waals surface area contributed by atoms with Gasteiger partial charge in [-0.25, -0.2) is 0 Å². The number of methoxy groups -OCH3 is 2. The Hall–Kier alpha value is -3.72. The molecule has 0 bridgehead atoms. The Morgan fingerprint density at radius 2 is 1.91 bits per heavy atom. The summed E-state index contributed by atoms with van der Waals surface area (Å²) in [5.41, 5.74) is 1.68. The van der Waals surface area contributed by atoms with Crippen molar-refractivity contribution in [2.45, 2.75) is 31.2 Å². The average molecular weight is 479 g/mol. The minimum Gasteiger partial charge on any atom is -0.497 e. The van der Waals surface area contributed by atoms with Crippen LogP contribution in [-0.2, 0) is 20.7 Å². The van der Waals surface area contributed by atoms with E-state index in [0.29, 0.717) is 43.5 Å². The number of benzene rings is 2. The van der Waals surface area contributed by atoms with Crippen LogP contribution >= 0.6 is 0 Å². The molecule has 1 aliphatic carbocycles. The number of nitrogens with zero attached hydrogens (tertiary/aromatic N) is 2. The van der Waals surface area contributed by atoms with Crippen molar-refractivity contribution in [2.24, 2.45) is 5.92 Å². The van der Waals surface area contributed by atoms with Crippen LogP contribution in [-0.4, -0.2) is 55.4 Å². The summed E-state index contributed by atoms with van der Waals surface area (Å²) in [6.45, 7) is 0.870. The summed E-state index contributed by atoms with van der Waals surface area (Å²) >= 11 is 0. The topological polar surface area (TPSA) is 116 Å². The molecule has 1 fully saturated rings. The van der Waals surface area contributed by atoms with E-state index in [1.165, 1.54) is 0 Å². The SMILES string of the molecule is COCCNC(=O)[C@H]1C[C@H](NC(=O)Cc2cccc(OC)c2)[C@H](c2nc(-c3ccccc3)no2)C1. The van der Waals surface area contributed by atoms with E-state index < -0.39 is 0 Å². The summed E-state index contributed by atoms with van der Waals surface area (Å²) in [5, 5.41) is 10.1. The zero-order valence-corrected chi connectivity index (χ0v) is 19.9. The number of aromatic nitrogens is 2. The second-order valence-corrected chi connectivity index (χ2v) is 8.58. The molecule has 1 aromatic heterocycles. The van der Waals surface area contributed by atoms with Gasteiger partial charge in [-0.3, -0.25) is 9.59 Å². The van der Waals surface area contributed by atoms with E-state index in [2.05, 4.69) is 20.8 Å². The lowest BCUT2D eigenvalue weighted by atomic mass is 10.0. The van der Waals surface area contributed by atoms with Gasteiger partial charge in [0.25, 0.3) is 0 Å². The molecule has 2 aromatic carbocycles. The summed E-state index contributed by atoms with van der Waals surface area (Å²) in [6.07, 6.45) is 1.18. The van der Waals surface area contributed by atoms with Crippen LogP contribution in [0.25, 0.3) is 11.4 Å². The predicted octanol–water partition coefficient (Wildman–Crippen LogP) is 2.73. The molecule has 2 amide bonds. The van der Waals surface area contributed by atoms with Gasteiger partial charge >= 0.3 is 0 Å². The molecule has 1 heterocycles. The third-order valence-electron chi connectivity index (χ3n) is 6.17. The average Bonchev–Trinajstić information content (AvgIpc) is 3.52. The normalized spacial score (nSPS) is 19.3. The smallest absolute Gasteiger partial charge is 0.232 e. The standard InChI is InChI=1S/C26H30N4O5/c1-33-12-11-27-25(32)19-15-21(26-29-24(30-35-26)18-8-4-3-5-9-18)22(16-19)28-23(31)14-17-7-6-10-20(13-17)34-2/h3-10,13,19,21-22H,11-12,14-16H2,1-2H3,(H,27,32)(H,28,31)/t19-,21-,22+/m1/s1. The number of rotatable bonds is 10. The highest BCUT2D eigenvalue weighted by Crippen LogP contribution is 2.39. The highest BCUT2D eigenvalue weighted by molar-refractivity contribution is 5.81. The van der Waals surface area contributed by atoms with Crippen molar-refractivity contribution in [3.05, 3.63) is 66.1 Å². The van der Waals surface area contributed by atoms with E-state index in [9.17, 15) is 9.59 Å². The molecular weight excluding hydrogens is 448 g/mol. The van der Waals surface area contributed by atoms with E-state index in [1.54, 1.807) is 14.2 Å². The molecule has 1 aliphatic rings. The number of nitrogens with one attached hydrogen (secondary N) is 2. The van der Waals surface area contributed by atoms with Gasteiger partial charge in [0.05, 0.1) is 26.1 Å². The number of amides is 2. The van der Waals surface area contributed by atoms with Crippen LogP contribution in [0.15, 0.2) is 59.1 Å². The maximum absolute atomic E-state index is 12.9. The van der Waals surface area contributed by atoms with Crippen LogP contribution in [0.5, 0.6) is 5.75 Å². The Morgan fingerprint density at radius 3 is 2.69 bits per heavy atom. The molecule has 0 spiro atoms. The molecular formula is C26H30N4O5. The van der Waals surface area contributed by atoms with Crippen LogP contribution in [0.2, 0.25) is 0 Å². The molecule has 0 saturated heterocycles. The first-order valence-corrected chi connectivity index (χ1v) is 11.7. The minimum atomic E-state index is -0.310. The van der Waals surface area contributed by atoms with Gasteiger partial charge in [0.15, 0.2) is 0 Å². The Balaban J connectivity index is 1.49. The Morgan fingerprint density at radius 1 is 1.09 bits per heavy atom. The van der Waals surface area contributed by atoms with E-state index >= 15 is 0 Å². The molecule has 0 aliphatic heterocycles. The van der Waals surface area contributed by atoms with Crippen molar-refractivity contribution in [1.29, 1.82) is 0 Å². The van der Waals surface area contributed by atoms with Gasteiger partial charge in [0, 0.05) is 31.2 Å². The fourth-order valence-electron chi connectivity index (χ4n) is 4.42. The van der Waals surface area contributed by atoms with Crippen LogP contribution in [0.1, 0.15) is 30.2 Å². The lowest BCUT2D eigenvalue weighted by Crippen LogP contribution is -2.38. The van der Waals surface area contributed by atoms with Gasteiger partial charge < -0.3 is 24.6 Å². The first kappa shape index (κ1) is 24.4. The van der Waals surface area contributed by atoms with Crippen LogP contribution in [0.4, 0.5) is 0 Å². The summed E-state index contributed by atoms with van der Waals surface area (Å²) < 4.78 is 15.9. The van der Waals surface area contributed by atoms with E-state index in [4.69, 9.17) is 14.0 Å². The summed E-state index contributed by atoms with van der Waals surface area (Å²) in [6, 6.07) is 16.6. The second-order valence-electron chi connectivity index (χ2n) is 8.58. The van der Waals surface area contributed by atoms with Gasteiger partial charge in [-0.05, 0) is 30.5 Å². The monoisotopic (exact) mass is 478 g/mol. The van der Waals surface area contributed by atoms with Crippen molar-refractivity contribution in [1.82, 2.24) is 20.8 Å².